The molecule has 1 fully saturated rings. The van der Waals surface area contributed by atoms with E-state index in [-0.39, 0.29) is 24.0 Å². The van der Waals surface area contributed by atoms with Gasteiger partial charge in [-0.2, -0.15) is 0 Å². The second kappa shape index (κ2) is 4.76. The smallest absolute Gasteiger partial charge is 0.251 e. The number of phenols is 1. The van der Waals surface area contributed by atoms with Crippen LogP contribution in [0.4, 0.5) is 0 Å². The molecule has 1 atom stereocenters. The number of rotatable bonds is 2. The van der Waals surface area contributed by atoms with Gasteiger partial charge in [0.2, 0.25) is 5.91 Å². The summed E-state index contributed by atoms with van der Waals surface area (Å²) in [5, 5.41) is 19.9. The van der Waals surface area contributed by atoms with Gasteiger partial charge in [-0.05, 0) is 18.6 Å². The van der Waals surface area contributed by atoms with Gasteiger partial charge in [-0.15, -0.1) is 5.10 Å². The molecule has 1 aliphatic heterocycles. The third kappa shape index (κ3) is 2.13. The number of carbonyl (C=O) groups is 2. The minimum Gasteiger partial charge on any atom is -0.507 e. The van der Waals surface area contributed by atoms with Gasteiger partial charge < -0.3 is 5.11 Å². The highest BCUT2D eigenvalue weighted by atomic mass is 16.3. The molecule has 20 heavy (non-hydrogen) atoms. The van der Waals surface area contributed by atoms with E-state index >= 15 is 0 Å². The van der Waals surface area contributed by atoms with E-state index in [1.807, 2.05) is 0 Å². The molecule has 1 saturated heterocycles. The summed E-state index contributed by atoms with van der Waals surface area (Å²) in [6.07, 6.45) is 2.27. The van der Waals surface area contributed by atoms with Crippen LogP contribution in [0.15, 0.2) is 30.5 Å². The van der Waals surface area contributed by atoms with Crippen molar-refractivity contribution < 1.29 is 14.7 Å². The maximum atomic E-state index is 11.7. The van der Waals surface area contributed by atoms with Crippen molar-refractivity contribution in [2.45, 2.75) is 18.9 Å². The Bertz CT molecular complexity index is 680. The van der Waals surface area contributed by atoms with Crippen LogP contribution < -0.4 is 5.32 Å². The quantitative estimate of drug-likeness (QED) is 0.781. The molecule has 0 saturated carbocycles. The van der Waals surface area contributed by atoms with Gasteiger partial charge in [-0.1, -0.05) is 17.3 Å². The summed E-state index contributed by atoms with van der Waals surface area (Å²) < 4.78 is 1.42. The molecule has 0 aliphatic carbocycles. The first-order chi connectivity index (χ1) is 9.65. The number of nitrogens with one attached hydrogen (secondary N) is 1. The number of piperidine rings is 1. The molecule has 0 radical (unpaired) electrons. The van der Waals surface area contributed by atoms with E-state index < -0.39 is 6.04 Å². The summed E-state index contributed by atoms with van der Waals surface area (Å²) in [6.45, 7) is 0. The first-order valence-corrected chi connectivity index (χ1v) is 6.19. The lowest BCUT2D eigenvalue weighted by molar-refractivity contribution is -0.136. The minimum absolute atomic E-state index is 0.0998. The number of hydrogen-bond donors (Lipinski definition) is 2. The molecule has 2 aromatic rings. The molecule has 3 rings (SSSR count). The first-order valence-electron chi connectivity index (χ1n) is 6.19. The number of aromatic nitrogens is 3. The number of imide groups is 1. The average molecular weight is 272 g/mol. The first kappa shape index (κ1) is 12.3. The van der Waals surface area contributed by atoms with Crippen molar-refractivity contribution in [3.8, 4) is 17.0 Å². The molecule has 1 aromatic carbocycles. The Morgan fingerprint density at radius 3 is 2.85 bits per heavy atom. The second-order valence-electron chi connectivity index (χ2n) is 4.57. The summed E-state index contributed by atoms with van der Waals surface area (Å²) in [5.74, 6) is -0.551. The second-order valence-corrected chi connectivity index (χ2v) is 4.57. The van der Waals surface area contributed by atoms with Gasteiger partial charge in [0, 0.05) is 12.0 Å². The summed E-state index contributed by atoms with van der Waals surface area (Å²) >= 11 is 0. The Hall–Kier alpha value is -2.70. The summed E-state index contributed by atoms with van der Waals surface area (Å²) in [5.41, 5.74) is 1.03. The summed E-state index contributed by atoms with van der Waals surface area (Å²) in [6, 6.07) is 6.22. The number of para-hydroxylation sites is 1. The monoisotopic (exact) mass is 272 g/mol. The van der Waals surface area contributed by atoms with Crippen LogP contribution in [0, 0.1) is 0 Å². The predicted octanol–water partition coefficient (Wildman–Crippen LogP) is 0.628. The number of benzene rings is 1. The van der Waals surface area contributed by atoms with Crippen molar-refractivity contribution >= 4 is 11.8 Å². The van der Waals surface area contributed by atoms with E-state index in [4.69, 9.17) is 0 Å². The molecule has 7 heteroatoms. The fourth-order valence-electron chi connectivity index (χ4n) is 2.18. The SMILES string of the molecule is O=C1CCC(n2cc(-c3ccccc3O)nn2)C(=O)N1. The molecule has 0 spiro atoms. The van der Waals surface area contributed by atoms with Gasteiger partial charge in [0.25, 0.3) is 5.91 Å². The van der Waals surface area contributed by atoms with Crippen LogP contribution in [0.1, 0.15) is 18.9 Å². The van der Waals surface area contributed by atoms with Crippen LogP contribution in [-0.4, -0.2) is 31.9 Å². The Balaban J connectivity index is 1.89. The number of amides is 2. The van der Waals surface area contributed by atoms with Crippen LogP contribution in [0.3, 0.4) is 0 Å². The van der Waals surface area contributed by atoms with E-state index in [1.54, 1.807) is 30.5 Å². The molecular weight excluding hydrogens is 260 g/mol. The van der Waals surface area contributed by atoms with E-state index in [1.165, 1.54) is 4.68 Å². The highest BCUT2D eigenvalue weighted by molar-refractivity contribution is 5.99. The maximum Gasteiger partial charge on any atom is 0.251 e. The van der Waals surface area contributed by atoms with Crippen LogP contribution in [0.2, 0.25) is 0 Å². The molecular formula is C13H12N4O3. The van der Waals surface area contributed by atoms with Crippen LogP contribution in [0.25, 0.3) is 11.3 Å². The maximum absolute atomic E-state index is 11.7. The third-order valence-corrected chi connectivity index (χ3v) is 3.22. The van der Waals surface area contributed by atoms with E-state index in [9.17, 15) is 14.7 Å². The van der Waals surface area contributed by atoms with Crippen molar-refractivity contribution in [1.29, 1.82) is 0 Å². The Morgan fingerprint density at radius 1 is 1.30 bits per heavy atom. The zero-order chi connectivity index (χ0) is 14.1. The van der Waals surface area contributed by atoms with E-state index in [0.29, 0.717) is 17.7 Å². The Labute approximate surface area is 114 Å². The van der Waals surface area contributed by atoms with Crippen molar-refractivity contribution in [3.05, 3.63) is 30.5 Å². The molecule has 2 heterocycles. The van der Waals surface area contributed by atoms with Crippen LogP contribution >= 0.6 is 0 Å². The van der Waals surface area contributed by atoms with Gasteiger partial charge in [-0.3, -0.25) is 14.9 Å². The molecule has 2 amide bonds. The van der Waals surface area contributed by atoms with Crippen molar-refractivity contribution in [1.82, 2.24) is 20.3 Å². The van der Waals surface area contributed by atoms with Gasteiger partial charge in [0.05, 0.1) is 6.20 Å². The number of phenolic OH excluding ortho intramolecular Hbond substituents is 1. The molecule has 2 N–H and O–H groups in total. The average Bonchev–Trinajstić information content (AvgIpc) is 2.88. The Kier molecular flexibility index (Phi) is 2.94. The standard InChI is InChI=1S/C13H12N4O3/c18-11-4-2-1-3-8(11)9-7-17(16-15-9)10-5-6-12(19)14-13(10)20/h1-4,7,10,18H,5-6H2,(H,14,19,20). The summed E-state index contributed by atoms with van der Waals surface area (Å²) in [4.78, 5) is 22.9. The van der Waals surface area contributed by atoms with Gasteiger partial charge in [0.15, 0.2) is 0 Å². The third-order valence-electron chi connectivity index (χ3n) is 3.22. The van der Waals surface area contributed by atoms with E-state index in [2.05, 4.69) is 15.6 Å². The fourth-order valence-corrected chi connectivity index (χ4v) is 2.18. The van der Waals surface area contributed by atoms with Crippen molar-refractivity contribution in [2.24, 2.45) is 0 Å². The predicted molar refractivity (Wildman–Crippen MR) is 68.5 cm³/mol. The molecule has 1 unspecified atom stereocenters. The number of hydrogen-bond acceptors (Lipinski definition) is 5. The molecule has 1 aliphatic rings. The highest BCUT2D eigenvalue weighted by Crippen LogP contribution is 2.27. The highest BCUT2D eigenvalue weighted by Gasteiger charge is 2.29. The molecule has 0 bridgehead atoms. The zero-order valence-corrected chi connectivity index (χ0v) is 10.5. The topological polar surface area (TPSA) is 97.1 Å². The molecule has 1 aromatic heterocycles. The van der Waals surface area contributed by atoms with Crippen LogP contribution in [0.5, 0.6) is 5.75 Å². The number of aromatic hydroxyl groups is 1. The molecule has 102 valence electrons. The van der Waals surface area contributed by atoms with Crippen molar-refractivity contribution in [2.75, 3.05) is 0 Å². The summed E-state index contributed by atoms with van der Waals surface area (Å²) in [7, 11) is 0. The lowest BCUT2D eigenvalue weighted by atomic mass is 10.1. The fraction of sp³-hybridized carbons (Fsp3) is 0.231. The number of nitrogens with zero attached hydrogens (tertiary/aromatic N) is 3. The van der Waals surface area contributed by atoms with Crippen molar-refractivity contribution in [3.63, 3.8) is 0 Å². The minimum atomic E-state index is -0.542. The Morgan fingerprint density at radius 2 is 2.10 bits per heavy atom. The largest absolute Gasteiger partial charge is 0.507 e. The van der Waals surface area contributed by atoms with Gasteiger partial charge in [0.1, 0.15) is 17.5 Å². The van der Waals surface area contributed by atoms with E-state index in [0.717, 1.165) is 0 Å². The lowest BCUT2D eigenvalue weighted by Crippen LogP contribution is -2.41. The van der Waals surface area contributed by atoms with Gasteiger partial charge in [-0.25, -0.2) is 4.68 Å². The normalized spacial score (nSPS) is 18.9. The van der Waals surface area contributed by atoms with Gasteiger partial charge >= 0.3 is 0 Å². The number of carbonyl (C=O) groups excluding carboxylic acids is 2. The zero-order valence-electron chi connectivity index (χ0n) is 10.5. The molecule has 7 nitrogen and oxygen atoms in total. The lowest BCUT2D eigenvalue weighted by Gasteiger charge is -2.20. The van der Waals surface area contributed by atoms with Crippen LogP contribution in [-0.2, 0) is 9.59 Å².